The molecular weight excluding hydrogens is 591 g/mol. The molecule has 2 heterocycles. The molecule has 9 heteroatoms. The number of Topliss-reactive ketones (excluding diaryl/α,β-unsaturated/α-hetero) is 1. The van der Waals surface area contributed by atoms with Gasteiger partial charge in [0.25, 0.3) is 0 Å². The van der Waals surface area contributed by atoms with Gasteiger partial charge in [0.15, 0.2) is 5.78 Å². The first-order valence-corrected chi connectivity index (χ1v) is 17.0. The van der Waals surface area contributed by atoms with Crippen molar-refractivity contribution < 1.29 is 24.2 Å². The number of carbonyl (C=O) groups is 3. The van der Waals surface area contributed by atoms with Crippen LogP contribution in [0.15, 0.2) is 115 Å². The normalized spacial score (nSPS) is 16.9. The molecule has 44 heavy (non-hydrogen) atoms. The molecule has 1 saturated heterocycles. The fourth-order valence-corrected chi connectivity index (χ4v) is 10.7. The Hall–Kier alpha value is -4.23. The predicted octanol–water partition coefficient (Wildman–Crippen LogP) is 4.77. The van der Waals surface area contributed by atoms with Crippen LogP contribution >= 0.6 is 18.2 Å². The molecule has 7 nitrogen and oxygen atoms in total. The zero-order valence-electron chi connectivity index (χ0n) is 24.6. The van der Waals surface area contributed by atoms with E-state index in [2.05, 4.69) is 11.9 Å². The number of esters is 1. The average molecular weight is 627 g/mol. The zero-order valence-corrected chi connectivity index (χ0v) is 26.3. The molecule has 3 atom stereocenters. The number of amides is 1. The zero-order chi connectivity index (χ0) is 31.3. The van der Waals surface area contributed by atoms with E-state index in [1.54, 1.807) is 25.4 Å². The third-order valence-electron chi connectivity index (χ3n) is 7.79. The minimum atomic E-state index is -3.07. The number of anilines is 1. The summed E-state index contributed by atoms with van der Waals surface area (Å²) in [6.07, 6.45) is 0.313. The van der Waals surface area contributed by atoms with Gasteiger partial charge in [-0.2, -0.15) is 0 Å². The summed E-state index contributed by atoms with van der Waals surface area (Å²) in [7, 11) is 1.79. The van der Waals surface area contributed by atoms with Gasteiger partial charge in [-0.1, -0.05) is 97.1 Å². The monoisotopic (exact) mass is 626 g/mol. The second-order valence-corrected chi connectivity index (χ2v) is 14.7. The lowest BCUT2D eigenvalue weighted by atomic mass is 9.80. The molecule has 3 aromatic carbocycles. The molecular formula is C35H35N2O5PS. The van der Waals surface area contributed by atoms with E-state index < -0.39 is 36.8 Å². The number of β-lactam (4-membered cyclic amide) rings is 1. The standard InChI is InChI=1S/C35H35N2O5PS/c1-4-14-32(40)42-35(37-29(33(24(2)38)34(37)41)22-30(39)25-21-31(36-3)44-23-25)43(26-15-8-5-9-16-26,27-17-10-6-11-18-27)28-19-12-7-13-20-28/h4-13,15-21,23-24,29,33,36,38H,1,14,22H2,2-3H3/t24-,29-,33-/m1/s1. The van der Waals surface area contributed by atoms with Gasteiger partial charge in [0.05, 0.1) is 29.5 Å². The molecule has 1 aromatic heterocycles. The summed E-state index contributed by atoms with van der Waals surface area (Å²) in [6.45, 7) is 2.19. The Morgan fingerprint density at radius 2 is 1.52 bits per heavy atom. The minimum absolute atomic E-state index is 0.0535. The summed E-state index contributed by atoms with van der Waals surface area (Å²) in [4.78, 5) is 42.6. The van der Waals surface area contributed by atoms with Gasteiger partial charge in [0.1, 0.15) is 0 Å². The van der Waals surface area contributed by atoms with E-state index in [0.29, 0.717) is 5.56 Å². The first kappa shape index (κ1) is 31.2. The summed E-state index contributed by atoms with van der Waals surface area (Å²) >= 11 is 1.41. The summed E-state index contributed by atoms with van der Waals surface area (Å²) < 4.78 is 6.32. The fraction of sp³-hybridized carbons (Fsp3) is 0.200. The Balaban J connectivity index is 1.83. The highest BCUT2D eigenvalue weighted by molar-refractivity contribution is 7.95. The van der Waals surface area contributed by atoms with Crippen molar-refractivity contribution in [3.05, 3.63) is 121 Å². The number of thiophene rings is 1. The van der Waals surface area contributed by atoms with Gasteiger partial charge in [-0.15, -0.1) is 17.9 Å². The number of rotatable bonds is 12. The maximum atomic E-state index is 14.1. The van der Waals surface area contributed by atoms with Crippen molar-refractivity contribution in [3.8, 4) is 0 Å². The van der Waals surface area contributed by atoms with Crippen LogP contribution in [-0.4, -0.2) is 52.5 Å². The van der Waals surface area contributed by atoms with Crippen LogP contribution in [0, 0.1) is 5.92 Å². The number of likely N-dealkylation sites (tertiary alicyclic amines) is 1. The Morgan fingerprint density at radius 3 is 1.95 bits per heavy atom. The molecule has 226 valence electrons. The summed E-state index contributed by atoms with van der Waals surface area (Å²) in [5.74, 6) is -1.99. The van der Waals surface area contributed by atoms with Gasteiger partial charge in [-0.05, 0) is 28.9 Å². The Bertz CT molecular complexity index is 1600. The third-order valence-corrected chi connectivity index (χ3v) is 12.8. The van der Waals surface area contributed by atoms with E-state index >= 15 is 0 Å². The molecule has 0 aliphatic carbocycles. The van der Waals surface area contributed by atoms with E-state index in [1.165, 1.54) is 22.3 Å². The molecule has 1 amide bonds. The van der Waals surface area contributed by atoms with Gasteiger partial charge in [0.2, 0.25) is 11.5 Å². The summed E-state index contributed by atoms with van der Waals surface area (Å²) in [5.41, 5.74) is 0.692. The van der Waals surface area contributed by atoms with Crippen LogP contribution in [0.5, 0.6) is 0 Å². The van der Waals surface area contributed by atoms with Gasteiger partial charge >= 0.3 is 5.97 Å². The van der Waals surface area contributed by atoms with Crippen molar-refractivity contribution in [2.75, 3.05) is 12.4 Å². The second-order valence-electron chi connectivity index (χ2n) is 10.5. The molecule has 4 aromatic rings. The van der Waals surface area contributed by atoms with Crippen LogP contribution in [0.25, 0.3) is 0 Å². The van der Waals surface area contributed by atoms with Crippen molar-refractivity contribution in [3.63, 3.8) is 0 Å². The fourth-order valence-electron chi connectivity index (χ4n) is 5.74. The van der Waals surface area contributed by atoms with Gasteiger partial charge in [0, 0.05) is 31.3 Å². The lowest BCUT2D eigenvalue weighted by Crippen LogP contribution is -2.67. The highest BCUT2D eigenvalue weighted by atomic mass is 32.1. The maximum Gasteiger partial charge on any atom is 0.316 e. The number of nitrogens with zero attached hydrogens (tertiary/aromatic N) is 1. The average Bonchev–Trinajstić information content (AvgIpc) is 3.52. The maximum absolute atomic E-state index is 14.1. The van der Waals surface area contributed by atoms with E-state index in [-0.39, 0.29) is 24.2 Å². The van der Waals surface area contributed by atoms with Gasteiger partial charge in [-0.25, -0.2) is 0 Å². The largest absolute Gasteiger partial charge is 0.408 e. The molecule has 0 unspecified atom stereocenters. The quantitative estimate of drug-likeness (QED) is 0.0774. The smallest absolute Gasteiger partial charge is 0.316 e. The highest BCUT2D eigenvalue weighted by Crippen LogP contribution is 2.50. The number of benzene rings is 3. The Kier molecular flexibility index (Phi) is 9.64. The second kappa shape index (κ2) is 13.6. The number of aliphatic hydroxyl groups is 1. The Labute approximate surface area is 261 Å². The highest BCUT2D eigenvalue weighted by Gasteiger charge is 2.55. The summed E-state index contributed by atoms with van der Waals surface area (Å²) in [6, 6.07) is 30.2. The predicted molar refractivity (Wildman–Crippen MR) is 180 cm³/mol. The van der Waals surface area contributed by atoms with Crippen molar-refractivity contribution >= 4 is 62.4 Å². The number of ketones is 1. The third kappa shape index (κ3) is 5.81. The van der Waals surface area contributed by atoms with Crippen LogP contribution in [0.4, 0.5) is 5.00 Å². The number of aliphatic hydroxyl groups excluding tert-OH is 1. The molecule has 2 N–H and O–H groups in total. The van der Waals surface area contributed by atoms with Crippen LogP contribution in [0.2, 0.25) is 0 Å². The van der Waals surface area contributed by atoms with E-state index in [1.807, 2.05) is 91.0 Å². The van der Waals surface area contributed by atoms with Crippen molar-refractivity contribution in [2.24, 2.45) is 5.92 Å². The topological polar surface area (TPSA) is 95.9 Å². The molecule has 0 bridgehead atoms. The van der Waals surface area contributed by atoms with Crippen LogP contribution in [-0.2, 0) is 14.3 Å². The Morgan fingerprint density at radius 1 is 1.00 bits per heavy atom. The summed E-state index contributed by atoms with van der Waals surface area (Å²) in [5, 5.41) is 19.0. The van der Waals surface area contributed by atoms with Crippen molar-refractivity contribution in [1.29, 1.82) is 0 Å². The molecule has 0 spiro atoms. The number of carbonyl (C=O) groups excluding carboxylic acids is 3. The number of ether oxygens (including phenoxy) is 1. The van der Waals surface area contributed by atoms with Crippen molar-refractivity contribution in [2.45, 2.75) is 31.9 Å². The number of nitrogens with one attached hydrogen (secondary N) is 1. The molecule has 5 rings (SSSR count). The van der Waals surface area contributed by atoms with E-state index in [0.717, 1.165) is 20.9 Å². The van der Waals surface area contributed by atoms with Gasteiger partial charge < -0.3 is 15.2 Å². The van der Waals surface area contributed by atoms with Crippen LogP contribution in [0.3, 0.4) is 0 Å². The molecule has 1 aliphatic rings. The van der Waals surface area contributed by atoms with Crippen LogP contribution in [0.1, 0.15) is 30.1 Å². The number of hydrogen-bond acceptors (Lipinski definition) is 7. The first-order valence-electron chi connectivity index (χ1n) is 14.4. The molecule has 0 radical (unpaired) electrons. The lowest BCUT2D eigenvalue weighted by Gasteiger charge is -2.50. The molecule has 1 aliphatic heterocycles. The first-order chi connectivity index (χ1) is 21.3. The molecule has 0 saturated carbocycles. The SMILES string of the molecule is C=CCC(=O)OC(N1C(=O)[C@H]([C@@H](C)O)[C@H]1CC(=O)c1csc(NC)c1)=P(c1ccccc1)(c1ccccc1)c1ccccc1. The lowest BCUT2D eigenvalue weighted by molar-refractivity contribution is -0.157. The van der Waals surface area contributed by atoms with Gasteiger partial charge in [-0.3, -0.25) is 19.3 Å². The van der Waals surface area contributed by atoms with E-state index in [4.69, 9.17) is 4.74 Å². The minimum Gasteiger partial charge on any atom is -0.408 e. The molecule has 1 fully saturated rings. The van der Waals surface area contributed by atoms with Crippen LogP contribution < -0.4 is 21.2 Å². The number of hydrogen-bond donors (Lipinski definition) is 2. The van der Waals surface area contributed by atoms with E-state index in [9.17, 15) is 19.5 Å². The van der Waals surface area contributed by atoms with Crippen molar-refractivity contribution in [1.82, 2.24) is 4.90 Å².